The predicted octanol–water partition coefficient (Wildman–Crippen LogP) is 0.661. The second-order valence-corrected chi connectivity index (χ2v) is 6.01. The van der Waals surface area contributed by atoms with Crippen molar-refractivity contribution in [2.75, 3.05) is 11.9 Å². The van der Waals surface area contributed by atoms with Gasteiger partial charge in [-0.25, -0.2) is 13.1 Å². The van der Waals surface area contributed by atoms with Crippen LogP contribution in [-0.4, -0.2) is 26.9 Å². The summed E-state index contributed by atoms with van der Waals surface area (Å²) in [4.78, 5) is 11.0. The molecule has 7 heteroatoms. The second kappa shape index (κ2) is 6.53. The molecular formula is C12H19N3O3S. The quantitative estimate of drug-likeness (QED) is 0.685. The van der Waals surface area contributed by atoms with Crippen LogP contribution in [0.15, 0.2) is 29.2 Å². The first-order valence-corrected chi connectivity index (χ1v) is 7.48. The van der Waals surface area contributed by atoms with Crippen LogP contribution in [0.4, 0.5) is 5.69 Å². The van der Waals surface area contributed by atoms with Crippen molar-refractivity contribution in [1.82, 2.24) is 4.72 Å². The maximum atomic E-state index is 11.7. The summed E-state index contributed by atoms with van der Waals surface area (Å²) in [5, 5.41) is 3.07. The molecule has 0 spiro atoms. The lowest BCUT2D eigenvalue weighted by molar-refractivity contribution is -0.118. The van der Waals surface area contributed by atoms with Gasteiger partial charge in [-0.2, -0.15) is 0 Å². The number of anilines is 1. The molecule has 0 aliphatic rings. The van der Waals surface area contributed by atoms with E-state index in [1.165, 1.54) is 12.1 Å². The zero-order chi connectivity index (χ0) is 14.5. The highest BCUT2D eigenvalue weighted by Gasteiger charge is 2.12. The van der Waals surface area contributed by atoms with Gasteiger partial charge in [0.15, 0.2) is 0 Å². The number of amides is 1. The molecule has 0 radical (unpaired) electrons. The van der Waals surface area contributed by atoms with Gasteiger partial charge >= 0.3 is 0 Å². The van der Waals surface area contributed by atoms with E-state index in [2.05, 4.69) is 10.0 Å². The fraction of sp³-hybridized carbons (Fsp3) is 0.417. The molecule has 0 bridgehead atoms. The molecule has 1 aromatic carbocycles. The van der Waals surface area contributed by atoms with Gasteiger partial charge in [-0.05, 0) is 31.2 Å². The summed E-state index contributed by atoms with van der Waals surface area (Å²) >= 11 is 0. The molecule has 0 saturated heterocycles. The van der Waals surface area contributed by atoms with Crippen molar-refractivity contribution in [3.8, 4) is 0 Å². The van der Waals surface area contributed by atoms with Crippen LogP contribution >= 0.6 is 0 Å². The minimum atomic E-state index is -3.43. The topological polar surface area (TPSA) is 101 Å². The van der Waals surface area contributed by atoms with Gasteiger partial charge in [-0.15, -0.1) is 0 Å². The van der Waals surface area contributed by atoms with E-state index in [1.54, 1.807) is 19.1 Å². The number of hydrogen-bond donors (Lipinski definition) is 3. The maximum Gasteiger partial charge on any atom is 0.240 e. The Hall–Kier alpha value is -1.60. The molecule has 1 atom stereocenters. The van der Waals surface area contributed by atoms with Crippen LogP contribution in [0.3, 0.4) is 0 Å². The van der Waals surface area contributed by atoms with Crippen LogP contribution in [0.25, 0.3) is 0 Å². The summed E-state index contributed by atoms with van der Waals surface area (Å²) in [5.41, 5.74) is 5.84. The molecule has 0 aliphatic heterocycles. The van der Waals surface area contributed by atoms with Crippen LogP contribution in [-0.2, 0) is 14.8 Å². The Kier molecular flexibility index (Phi) is 5.31. The molecule has 0 saturated carbocycles. The SMILES string of the molecule is CCNS(=O)(=O)c1ccc(NC(C)CC(N)=O)cc1. The second-order valence-electron chi connectivity index (χ2n) is 4.24. The van der Waals surface area contributed by atoms with E-state index < -0.39 is 10.0 Å². The van der Waals surface area contributed by atoms with Gasteiger partial charge < -0.3 is 11.1 Å². The highest BCUT2D eigenvalue weighted by molar-refractivity contribution is 7.89. The van der Waals surface area contributed by atoms with E-state index in [0.717, 1.165) is 5.69 Å². The number of rotatable bonds is 7. The van der Waals surface area contributed by atoms with Crippen LogP contribution in [0.1, 0.15) is 20.3 Å². The normalized spacial score (nSPS) is 12.9. The van der Waals surface area contributed by atoms with Crippen molar-refractivity contribution < 1.29 is 13.2 Å². The van der Waals surface area contributed by atoms with Crippen molar-refractivity contribution in [1.29, 1.82) is 0 Å². The van der Waals surface area contributed by atoms with E-state index in [9.17, 15) is 13.2 Å². The van der Waals surface area contributed by atoms with Crippen molar-refractivity contribution in [3.05, 3.63) is 24.3 Å². The van der Waals surface area contributed by atoms with E-state index in [4.69, 9.17) is 5.73 Å². The number of nitrogens with one attached hydrogen (secondary N) is 2. The van der Waals surface area contributed by atoms with Gasteiger partial charge in [0.25, 0.3) is 0 Å². The molecule has 19 heavy (non-hydrogen) atoms. The summed E-state index contributed by atoms with van der Waals surface area (Å²) < 4.78 is 25.9. The number of benzene rings is 1. The lowest BCUT2D eigenvalue weighted by atomic mass is 10.2. The van der Waals surface area contributed by atoms with Gasteiger partial charge in [-0.1, -0.05) is 6.92 Å². The average molecular weight is 285 g/mol. The molecule has 0 aromatic heterocycles. The van der Waals surface area contributed by atoms with E-state index in [0.29, 0.717) is 6.54 Å². The molecule has 1 amide bonds. The van der Waals surface area contributed by atoms with Gasteiger partial charge in [-0.3, -0.25) is 4.79 Å². The Balaban J connectivity index is 2.74. The highest BCUT2D eigenvalue weighted by atomic mass is 32.2. The van der Waals surface area contributed by atoms with Gasteiger partial charge in [0.1, 0.15) is 0 Å². The molecule has 0 aliphatic carbocycles. The Morgan fingerprint density at radius 3 is 2.37 bits per heavy atom. The number of sulfonamides is 1. The molecule has 106 valence electrons. The van der Waals surface area contributed by atoms with Crippen LogP contribution in [0.5, 0.6) is 0 Å². The standard InChI is InChI=1S/C12H19N3O3S/c1-3-14-19(17,18)11-6-4-10(5-7-11)15-9(2)8-12(13)16/h4-7,9,14-15H,3,8H2,1-2H3,(H2,13,16). The molecule has 1 aromatic rings. The van der Waals surface area contributed by atoms with Crippen LogP contribution < -0.4 is 15.8 Å². The molecule has 0 fully saturated rings. The van der Waals surface area contributed by atoms with Gasteiger partial charge in [0.05, 0.1) is 4.90 Å². The van der Waals surface area contributed by atoms with Gasteiger partial charge in [0.2, 0.25) is 15.9 Å². The first kappa shape index (κ1) is 15.5. The predicted molar refractivity (Wildman–Crippen MR) is 74.2 cm³/mol. The highest BCUT2D eigenvalue weighted by Crippen LogP contribution is 2.15. The van der Waals surface area contributed by atoms with Crippen molar-refractivity contribution in [2.24, 2.45) is 5.73 Å². The van der Waals surface area contributed by atoms with Crippen molar-refractivity contribution in [2.45, 2.75) is 31.2 Å². The first-order valence-electron chi connectivity index (χ1n) is 5.99. The third-order valence-electron chi connectivity index (χ3n) is 2.42. The van der Waals surface area contributed by atoms with E-state index in [1.807, 2.05) is 6.92 Å². The van der Waals surface area contributed by atoms with E-state index in [-0.39, 0.29) is 23.3 Å². The Labute approximate surface area is 113 Å². The summed E-state index contributed by atoms with van der Waals surface area (Å²) in [7, 11) is -3.43. The van der Waals surface area contributed by atoms with Crippen molar-refractivity contribution in [3.63, 3.8) is 0 Å². The summed E-state index contributed by atoms with van der Waals surface area (Å²) in [6.07, 6.45) is 0.220. The minimum Gasteiger partial charge on any atom is -0.382 e. The first-order chi connectivity index (χ1) is 8.85. The number of carbonyl (C=O) groups is 1. The third kappa shape index (κ3) is 4.88. The maximum absolute atomic E-state index is 11.7. The monoisotopic (exact) mass is 285 g/mol. The molecule has 6 nitrogen and oxygen atoms in total. The fourth-order valence-electron chi connectivity index (χ4n) is 1.64. The molecular weight excluding hydrogens is 266 g/mol. The summed E-state index contributed by atoms with van der Waals surface area (Å²) in [6.45, 7) is 3.89. The Morgan fingerprint density at radius 1 is 1.32 bits per heavy atom. The van der Waals surface area contributed by atoms with Crippen molar-refractivity contribution >= 4 is 21.6 Å². The minimum absolute atomic E-state index is 0.103. The Bertz CT molecular complexity index is 526. The molecule has 1 rings (SSSR count). The summed E-state index contributed by atoms with van der Waals surface area (Å²) in [6, 6.07) is 6.23. The van der Waals surface area contributed by atoms with Gasteiger partial charge in [0, 0.05) is 24.7 Å². The number of carbonyl (C=O) groups excluding carboxylic acids is 1. The van der Waals surface area contributed by atoms with E-state index >= 15 is 0 Å². The number of hydrogen-bond acceptors (Lipinski definition) is 4. The number of nitrogens with two attached hydrogens (primary N) is 1. The third-order valence-corrected chi connectivity index (χ3v) is 3.98. The smallest absolute Gasteiger partial charge is 0.240 e. The summed E-state index contributed by atoms with van der Waals surface area (Å²) in [5.74, 6) is -0.383. The Morgan fingerprint density at radius 2 is 1.89 bits per heavy atom. The lowest BCUT2D eigenvalue weighted by Gasteiger charge is -2.13. The van der Waals surface area contributed by atoms with Crippen LogP contribution in [0, 0.1) is 0 Å². The average Bonchev–Trinajstić information content (AvgIpc) is 2.28. The molecule has 1 unspecified atom stereocenters. The molecule has 4 N–H and O–H groups in total. The molecule has 0 heterocycles. The largest absolute Gasteiger partial charge is 0.382 e. The fourth-order valence-corrected chi connectivity index (χ4v) is 2.68. The number of primary amides is 1. The lowest BCUT2D eigenvalue weighted by Crippen LogP contribution is -2.24. The zero-order valence-corrected chi connectivity index (χ0v) is 11.8. The zero-order valence-electron chi connectivity index (χ0n) is 11.0. The van der Waals surface area contributed by atoms with Crippen LogP contribution in [0.2, 0.25) is 0 Å².